The third-order valence-corrected chi connectivity index (χ3v) is 11.5. The average Bonchev–Trinajstić information content (AvgIpc) is 3.23. The van der Waals surface area contributed by atoms with Gasteiger partial charge in [0.1, 0.15) is 0 Å². The molecule has 53 heavy (non-hydrogen) atoms. The summed E-state index contributed by atoms with van der Waals surface area (Å²) >= 11 is 1.82. The largest absolute Gasteiger partial charge is 0.0901 e. The molecule has 1 heteroatoms. The summed E-state index contributed by atoms with van der Waals surface area (Å²) in [4.78, 5) is 2.45. The van der Waals surface area contributed by atoms with Crippen LogP contribution < -0.4 is 0 Å². The van der Waals surface area contributed by atoms with Crippen molar-refractivity contribution in [3.8, 4) is 44.5 Å². The Morgan fingerprint density at radius 2 is 0.755 bits per heavy atom. The van der Waals surface area contributed by atoms with E-state index in [0.717, 1.165) is 0 Å². The second kappa shape index (κ2) is 13.3. The summed E-state index contributed by atoms with van der Waals surface area (Å²) in [5, 5.41) is 10.1. The summed E-state index contributed by atoms with van der Waals surface area (Å²) in [6.45, 7) is 0. The van der Waals surface area contributed by atoms with E-state index in [1.807, 2.05) is 11.8 Å². The normalized spacial score (nSPS) is 11.5. The first-order valence-corrected chi connectivity index (χ1v) is 19.0. The predicted octanol–water partition coefficient (Wildman–Crippen LogP) is 15.1. The van der Waals surface area contributed by atoms with Crippen molar-refractivity contribution in [3.63, 3.8) is 0 Å². The lowest BCUT2D eigenvalue weighted by molar-refractivity contribution is 1.42. The molecule has 248 valence electrons. The fourth-order valence-electron chi connectivity index (χ4n) is 8.11. The van der Waals surface area contributed by atoms with Crippen LogP contribution in [0.4, 0.5) is 0 Å². The van der Waals surface area contributed by atoms with Crippen LogP contribution in [0.25, 0.3) is 87.6 Å². The molecule has 0 amide bonds. The highest BCUT2D eigenvalue weighted by Crippen LogP contribution is 2.49. The molecule has 0 spiro atoms. The molecule has 0 radical (unpaired) electrons. The van der Waals surface area contributed by atoms with Gasteiger partial charge in [-0.3, -0.25) is 0 Å². The molecule has 0 bridgehead atoms. The van der Waals surface area contributed by atoms with Crippen molar-refractivity contribution in [3.05, 3.63) is 206 Å². The maximum absolute atomic E-state index is 2.43. The number of hydrogen-bond donors (Lipinski definition) is 0. The lowest BCUT2D eigenvalue weighted by Gasteiger charge is -2.21. The van der Waals surface area contributed by atoms with E-state index in [4.69, 9.17) is 0 Å². The van der Waals surface area contributed by atoms with E-state index < -0.39 is 0 Å². The van der Waals surface area contributed by atoms with Crippen LogP contribution >= 0.6 is 11.8 Å². The first-order valence-electron chi connectivity index (χ1n) is 18.2. The highest BCUT2D eigenvalue weighted by atomic mass is 32.2. The zero-order valence-corrected chi connectivity index (χ0v) is 29.9. The van der Waals surface area contributed by atoms with Gasteiger partial charge in [-0.2, -0.15) is 0 Å². The van der Waals surface area contributed by atoms with Crippen molar-refractivity contribution < 1.29 is 0 Å². The monoisotopic (exact) mass is 690 g/mol. The van der Waals surface area contributed by atoms with E-state index in [-0.39, 0.29) is 0 Å². The molecule has 0 N–H and O–H groups in total. The van der Waals surface area contributed by atoms with Crippen LogP contribution in [-0.2, 0) is 0 Å². The van der Waals surface area contributed by atoms with Crippen LogP contribution in [0, 0.1) is 0 Å². The molecule has 0 aliphatic carbocycles. The van der Waals surface area contributed by atoms with Crippen LogP contribution in [0.15, 0.2) is 216 Å². The molecule has 0 saturated heterocycles. The summed E-state index contributed by atoms with van der Waals surface area (Å²) in [5.74, 6) is 0. The Balaban J connectivity index is 1.27. The van der Waals surface area contributed by atoms with Crippen LogP contribution in [0.2, 0.25) is 0 Å². The minimum absolute atomic E-state index is 1.21. The Hall–Kier alpha value is -6.41. The minimum atomic E-state index is 1.21. The van der Waals surface area contributed by atoms with Gasteiger partial charge < -0.3 is 0 Å². The molecule has 10 aromatic rings. The second-order valence-electron chi connectivity index (χ2n) is 13.6. The zero-order chi connectivity index (χ0) is 35.1. The van der Waals surface area contributed by atoms with E-state index in [1.54, 1.807) is 0 Å². The lowest BCUT2D eigenvalue weighted by Crippen LogP contribution is -1.94. The van der Waals surface area contributed by atoms with Gasteiger partial charge in [-0.25, -0.2) is 0 Å². The fraction of sp³-hybridized carbons (Fsp3) is 0. The summed E-state index contributed by atoms with van der Waals surface area (Å²) < 4.78 is 0. The standard InChI is InChI=1S/C52H34S/c1-3-15-35(16-4-1)36-27-29-37(30-28-36)41-20-9-12-24-45(41)51-46-25-13-14-26-47(46)52(50-34-40(31-32-48(50)51)53-39-18-5-2-6-19-39)49-33-38-17-7-8-21-42(38)43-22-10-11-23-44(43)49/h1-34H. The van der Waals surface area contributed by atoms with E-state index in [2.05, 4.69) is 206 Å². The molecule has 0 fully saturated rings. The fourth-order valence-corrected chi connectivity index (χ4v) is 8.99. The number of benzene rings is 10. The van der Waals surface area contributed by atoms with Gasteiger partial charge >= 0.3 is 0 Å². The quantitative estimate of drug-likeness (QED) is 0.124. The summed E-state index contributed by atoms with van der Waals surface area (Å²) in [6, 6.07) is 75.5. The minimum Gasteiger partial charge on any atom is -0.0901 e. The van der Waals surface area contributed by atoms with Crippen LogP contribution in [0.1, 0.15) is 0 Å². The zero-order valence-electron chi connectivity index (χ0n) is 29.0. The van der Waals surface area contributed by atoms with Crippen molar-refractivity contribution in [2.45, 2.75) is 9.79 Å². The molecular formula is C52H34S. The van der Waals surface area contributed by atoms with Crippen molar-refractivity contribution in [2.75, 3.05) is 0 Å². The third kappa shape index (κ3) is 5.58. The van der Waals surface area contributed by atoms with Gasteiger partial charge in [-0.15, -0.1) is 0 Å². The molecule has 0 aliphatic rings. The van der Waals surface area contributed by atoms with Crippen LogP contribution in [0.5, 0.6) is 0 Å². The molecule has 0 saturated carbocycles. The number of rotatable bonds is 6. The van der Waals surface area contributed by atoms with Crippen molar-refractivity contribution >= 4 is 54.9 Å². The molecule has 0 atom stereocenters. The summed E-state index contributed by atoms with van der Waals surface area (Å²) in [5.41, 5.74) is 9.93. The molecule has 0 aliphatic heterocycles. The number of hydrogen-bond acceptors (Lipinski definition) is 1. The first kappa shape index (κ1) is 31.3. The third-order valence-electron chi connectivity index (χ3n) is 10.5. The Bertz CT molecular complexity index is 2940. The van der Waals surface area contributed by atoms with Gasteiger partial charge in [0, 0.05) is 9.79 Å². The predicted molar refractivity (Wildman–Crippen MR) is 229 cm³/mol. The molecule has 0 aromatic heterocycles. The van der Waals surface area contributed by atoms with Gasteiger partial charge in [0.15, 0.2) is 0 Å². The molecule has 0 unspecified atom stereocenters. The lowest BCUT2D eigenvalue weighted by atomic mass is 9.82. The first-order chi connectivity index (χ1) is 26.3. The second-order valence-corrected chi connectivity index (χ2v) is 14.7. The van der Waals surface area contributed by atoms with E-state index in [9.17, 15) is 0 Å². The molecule has 0 nitrogen and oxygen atoms in total. The highest BCUT2D eigenvalue weighted by Gasteiger charge is 2.21. The summed E-state index contributed by atoms with van der Waals surface area (Å²) in [6.07, 6.45) is 0. The van der Waals surface area contributed by atoms with Gasteiger partial charge in [-0.1, -0.05) is 188 Å². The summed E-state index contributed by atoms with van der Waals surface area (Å²) in [7, 11) is 0. The van der Waals surface area contributed by atoms with Gasteiger partial charge in [0.25, 0.3) is 0 Å². The van der Waals surface area contributed by atoms with Gasteiger partial charge in [0.2, 0.25) is 0 Å². The van der Waals surface area contributed by atoms with E-state index >= 15 is 0 Å². The van der Waals surface area contributed by atoms with E-state index in [0.29, 0.717) is 0 Å². The Kier molecular flexibility index (Phi) is 7.86. The Labute approximate surface area is 314 Å². The molecule has 0 heterocycles. The maximum atomic E-state index is 2.43. The van der Waals surface area contributed by atoms with Crippen molar-refractivity contribution in [2.24, 2.45) is 0 Å². The van der Waals surface area contributed by atoms with Gasteiger partial charge in [-0.05, 0) is 118 Å². The SMILES string of the molecule is c1ccc(Sc2ccc3c(-c4ccccc4-c4ccc(-c5ccccc5)cc4)c4ccccc4c(-c4cc5ccccc5c5ccccc45)c3c2)cc1. The number of fused-ring (bicyclic) bond motifs is 5. The molecule has 10 aromatic carbocycles. The van der Waals surface area contributed by atoms with Gasteiger partial charge in [0.05, 0.1) is 0 Å². The van der Waals surface area contributed by atoms with Crippen molar-refractivity contribution in [1.82, 2.24) is 0 Å². The van der Waals surface area contributed by atoms with Crippen LogP contribution in [0.3, 0.4) is 0 Å². The smallest absolute Gasteiger partial charge is 0.0128 e. The van der Waals surface area contributed by atoms with Crippen LogP contribution in [-0.4, -0.2) is 0 Å². The molecule has 10 rings (SSSR count). The topological polar surface area (TPSA) is 0 Å². The average molecular weight is 691 g/mol. The molecular weight excluding hydrogens is 657 g/mol. The van der Waals surface area contributed by atoms with E-state index in [1.165, 1.54) is 97.4 Å². The Morgan fingerprint density at radius 1 is 0.245 bits per heavy atom. The Morgan fingerprint density at radius 3 is 1.49 bits per heavy atom. The van der Waals surface area contributed by atoms with Crippen molar-refractivity contribution in [1.29, 1.82) is 0 Å². The maximum Gasteiger partial charge on any atom is 0.0128 e. The highest BCUT2D eigenvalue weighted by molar-refractivity contribution is 7.99.